The van der Waals surface area contributed by atoms with Gasteiger partial charge in [0, 0.05) is 35.9 Å². The van der Waals surface area contributed by atoms with Gasteiger partial charge in [0.1, 0.15) is 5.84 Å². The van der Waals surface area contributed by atoms with E-state index in [2.05, 4.69) is 20.8 Å². The summed E-state index contributed by atoms with van der Waals surface area (Å²) < 4.78 is 0.977. The first kappa shape index (κ1) is 15.0. The van der Waals surface area contributed by atoms with Crippen molar-refractivity contribution in [1.29, 1.82) is 5.41 Å². The molecule has 0 saturated carbocycles. The quantitative estimate of drug-likeness (QED) is 0.411. The number of nitrogens with two attached hydrogens (primary N) is 1. The number of aliphatic hydroxyl groups excluding tert-OH is 1. The van der Waals surface area contributed by atoms with E-state index in [1.165, 1.54) is 0 Å². The molecule has 0 saturated heterocycles. The lowest BCUT2D eigenvalue weighted by atomic mass is 10.1. The second-order valence-electron chi connectivity index (χ2n) is 4.28. The minimum absolute atomic E-state index is 0.0831. The molecule has 4 N–H and O–H groups in total. The summed E-state index contributed by atoms with van der Waals surface area (Å²) >= 11 is 3.44. The number of hydrogen-bond acceptors (Lipinski definition) is 3. The van der Waals surface area contributed by atoms with Crippen LogP contribution in [0.25, 0.3) is 0 Å². The fourth-order valence-electron chi connectivity index (χ4n) is 1.81. The van der Waals surface area contributed by atoms with Crippen LogP contribution in [0.2, 0.25) is 0 Å². The van der Waals surface area contributed by atoms with Crippen LogP contribution in [0.4, 0.5) is 5.69 Å². The zero-order valence-electron chi connectivity index (χ0n) is 10.6. The lowest BCUT2D eigenvalue weighted by Crippen LogP contribution is -2.23. The van der Waals surface area contributed by atoms with Crippen LogP contribution >= 0.6 is 15.9 Å². The maximum Gasteiger partial charge on any atom is 0.124 e. The number of nitrogens with one attached hydrogen (secondary N) is 1. The van der Waals surface area contributed by atoms with Gasteiger partial charge < -0.3 is 15.7 Å². The highest BCUT2D eigenvalue weighted by Crippen LogP contribution is 2.24. The van der Waals surface area contributed by atoms with Crippen LogP contribution in [0.1, 0.15) is 24.8 Å². The van der Waals surface area contributed by atoms with Crippen molar-refractivity contribution in [3.8, 4) is 0 Å². The van der Waals surface area contributed by atoms with Crippen LogP contribution in [0.15, 0.2) is 22.7 Å². The first-order valence-corrected chi connectivity index (χ1v) is 6.81. The van der Waals surface area contributed by atoms with E-state index >= 15 is 0 Å². The Hall–Kier alpha value is -1.07. The molecular formula is C13H20BrN3O. The SMILES string of the molecule is CN(CCCCCO)c1cc(Br)ccc1C(=N)N. The van der Waals surface area contributed by atoms with E-state index in [1.54, 1.807) is 0 Å². The Morgan fingerprint density at radius 2 is 2.11 bits per heavy atom. The second kappa shape index (κ2) is 7.38. The van der Waals surface area contributed by atoms with Gasteiger partial charge in [0.15, 0.2) is 0 Å². The van der Waals surface area contributed by atoms with Crippen molar-refractivity contribution in [3.05, 3.63) is 28.2 Å². The summed E-state index contributed by atoms with van der Waals surface area (Å²) in [4.78, 5) is 2.10. The number of aliphatic hydroxyl groups is 1. The number of nitrogen functional groups attached to an aromatic ring is 1. The third-order valence-electron chi connectivity index (χ3n) is 2.81. The number of hydrogen-bond donors (Lipinski definition) is 3. The molecule has 0 atom stereocenters. The van der Waals surface area contributed by atoms with E-state index in [-0.39, 0.29) is 12.4 Å². The molecule has 4 nitrogen and oxygen atoms in total. The molecule has 0 heterocycles. The molecule has 1 aromatic carbocycles. The van der Waals surface area contributed by atoms with Crippen LogP contribution in [-0.2, 0) is 0 Å². The first-order chi connectivity index (χ1) is 8.56. The van der Waals surface area contributed by atoms with Gasteiger partial charge in [-0.05, 0) is 37.5 Å². The molecule has 0 aliphatic rings. The average molecular weight is 314 g/mol. The largest absolute Gasteiger partial charge is 0.396 e. The molecule has 0 aromatic heterocycles. The maximum absolute atomic E-state index is 8.74. The topological polar surface area (TPSA) is 73.3 Å². The minimum atomic E-state index is 0.0831. The van der Waals surface area contributed by atoms with Crippen molar-refractivity contribution in [1.82, 2.24) is 0 Å². The zero-order valence-corrected chi connectivity index (χ0v) is 12.2. The second-order valence-corrected chi connectivity index (χ2v) is 5.20. The van der Waals surface area contributed by atoms with Gasteiger partial charge in [-0.3, -0.25) is 5.41 Å². The summed E-state index contributed by atoms with van der Waals surface area (Å²) in [6.45, 7) is 1.13. The summed E-state index contributed by atoms with van der Waals surface area (Å²) in [5.74, 6) is 0.0831. The molecule has 0 aliphatic carbocycles. The zero-order chi connectivity index (χ0) is 13.5. The number of anilines is 1. The van der Waals surface area contributed by atoms with E-state index in [0.29, 0.717) is 0 Å². The fraction of sp³-hybridized carbons (Fsp3) is 0.462. The van der Waals surface area contributed by atoms with Crippen LogP contribution in [0.5, 0.6) is 0 Å². The predicted molar refractivity (Wildman–Crippen MR) is 79.4 cm³/mol. The van der Waals surface area contributed by atoms with E-state index in [1.807, 2.05) is 25.2 Å². The number of benzene rings is 1. The highest BCUT2D eigenvalue weighted by molar-refractivity contribution is 9.10. The van der Waals surface area contributed by atoms with Crippen LogP contribution in [0.3, 0.4) is 0 Å². The molecule has 0 aliphatic heterocycles. The Morgan fingerprint density at radius 3 is 2.72 bits per heavy atom. The summed E-state index contributed by atoms with van der Waals surface area (Å²) in [5, 5.41) is 16.3. The molecule has 0 spiro atoms. The number of nitrogens with zero attached hydrogens (tertiary/aromatic N) is 1. The molecule has 0 radical (unpaired) electrons. The molecule has 1 aromatic rings. The van der Waals surface area contributed by atoms with Crippen molar-refractivity contribution in [2.75, 3.05) is 25.1 Å². The third kappa shape index (κ3) is 4.31. The Morgan fingerprint density at radius 1 is 1.39 bits per heavy atom. The molecule has 0 fully saturated rings. The first-order valence-electron chi connectivity index (χ1n) is 6.02. The van der Waals surface area contributed by atoms with Gasteiger partial charge in [-0.15, -0.1) is 0 Å². The molecule has 0 bridgehead atoms. The van der Waals surface area contributed by atoms with Crippen molar-refractivity contribution in [2.24, 2.45) is 5.73 Å². The van der Waals surface area contributed by atoms with E-state index in [4.69, 9.17) is 16.2 Å². The van der Waals surface area contributed by atoms with Gasteiger partial charge in [-0.2, -0.15) is 0 Å². The summed E-state index contributed by atoms with van der Waals surface area (Å²) in [5.41, 5.74) is 7.30. The Bertz CT molecular complexity index is 409. The third-order valence-corrected chi connectivity index (χ3v) is 3.31. The van der Waals surface area contributed by atoms with Gasteiger partial charge in [0.2, 0.25) is 0 Å². The minimum Gasteiger partial charge on any atom is -0.396 e. The number of rotatable bonds is 7. The fourth-order valence-corrected chi connectivity index (χ4v) is 2.16. The molecule has 18 heavy (non-hydrogen) atoms. The highest BCUT2D eigenvalue weighted by atomic mass is 79.9. The summed E-state index contributed by atoms with van der Waals surface area (Å²) in [6, 6.07) is 5.72. The highest BCUT2D eigenvalue weighted by Gasteiger charge is 2.10. The van der Waals surface area contributed by atoms with Crippen LogP contribution in [0, 0.1) is 5.41 Å². The number of amidine groups is 1. The van der Waals surface area contributed by atoms with Crippen molar-refractivity contribution < 1.29 is 5.11 Å². The van der Waals surface area contributed by atoms with Gasteiger partial charge in [-0.25, -0.2) is 0 Å². The van der Waals surface area contributed by atoms with E-state index in [0.717, 1.165) is 41.5 Å². The normalized spacial score (nSPS) is 10.4. The van der Waals surface area contributed by atoms with Gasteiger partial charge >= 0.3 is 0 Å². The van der Waals surface area contributed by atoms with E-state index in [9.17, 15) is 0 Å². The van der Waals surface area contributed by atoms with Gasteiger partial charge in [0.05, 0.1) is 0 Å². The van der Waals surface area contributed by atoms with E-state index < -0.39 is 0 Å². The lowest BCUT2D eigenvalue weighted by molar-refractivity contribution is 0.283. The van der Waals surface area contributed by atoms with Crippen molar-refractivity contribution in [2.45, 2.75) is 19.3 Å². The number of unbranched alkanes of at least 4 members (excludes halogenated alkanes) is 2. The lowest BCUT2D eigenvalue weighted by Gasteiger charge is -2.22. The molecule has 1 rings (SSSR count). The van der Waals surface area contributed by atoms with Gasteiger partial charge in [0.25, 0.3) is 0 Å². The molecule has 0 amide bonds. The predicted octanol–water partition coefficient (Wildman–Crippen LogP) is 2.33. The smallest absolute Gasteiger partial charge is 0.124 e. The standard InChI is InChI=1S/C13H20BrN3O/c1-17(7-3-2-4-8-18)12-9-10(14)5-6-11(12)13(15)16/h5-6,9,18H,2-4,7-8H2,1H3,(H3,15,16). The summed E-state index contributed by atoms with van der Waals surface area (Å²) in [6.07, 6.45) is 2.86. The van der Waals surface area contributed by atoms with Gasteiger partial charge in [-0.1, -0.05) is 15.9 Å². The molecule has 0 unspecified atom stereocenters. The molecular weight excluding hydrogens is 294 g/mol. The molecule has 100 valence electrons. The Labute approximate surface area is 116 Å². The van der Waals surface area contributed by atoms with Crippen LogP contribution < -0.4 is 10.6 Å². The van der Waals surface area contributed by atoms with Crippen molar-refractivity contribution >= 4 is 27.5 Å². The number of halogens is 1. The van der Waals surface area contributed by atoms with Crippen LogP contribution in [-0.4, -0.2) is 31.1 Å². The average Bonchev–Trinajstić information content (AvgIpc) is 2.34. The Kier molecular flexibility index (Phi) is 6.15. The summed E-state index contributed by atoms with van der Waals surface area (Å²) in [7, 11) is 1.99. The maximum atomic E-state index is 8.74. The van der Waals surface area contributed by atoms with Crippen molar-refractivity contribution in [3.63, 3.8) is 0 Å². The Balaban J connectivity index is 2.74. The molecule has 5 heteroatoms. The monoisotopic (exact) mass is 313 g/mol.